The highest BCUT2D eigenvalue weighted by molar-refractivity contribution is 5.95. The first-order chi connectivity index (χ1) is 14.7. The lowest BCUT2D eigenvalue weighted by molar-refractivity contribution is -0.116. The third kappa shape index (κ3) is 6.12. The minimum absolute atomic E-state index is 0.0257. The van der Waals surface area contributed by atoms with Crippen LogP contribution in [0.4, 0.5) is 5.69 Å². The number of aromatic hydroxyl groups is 1. The van der Waals surface area contributed by atoms with Gasteiger partial charge in [0.1, 0.15) is 5.75 Å². The molecule has 1 heterocycles. The largest absolute Gasteiger partial charge is 0.508 e. The lowest BCUT2D eigenvalue weighted by atomic mass is 9.87. The molecular formula is C24H26N4O3. The van der Waals surface area contributed by atoms with E-state index in [0.717, 1.165) is 5.56 Å². The highest BCUT2D eigenvalue weighted by Gasteiger charge is 2.14. The van der Waals surface area contributed by atoms with Gasteiger partial charge in [0.15, 0.2) is 5.82 Å². The zero-order valence-electron chi connectivity index (χ0n) is 17.8. The number of hydrogen-bond acceptors (Lipinski definition) is 5. The summed E-state index contributed by atoms with van der Waals surface area (Å²) in [5.41, 5.74) is 2.87. The predicted molar refractivity (Wildman–Crippen MR) is 120 cm³/mol. The Balaban J connectivity index is 1.47. The Bertz CT molecular complexity index is 1060. The van der Waals surface area contributed by atoms with Crippen molar-refractivity contribution in [1.82, 2.24) is 15.3 Å². The average molecular weight is 418 g/mol. The maximum Gasteiger partial charge on any atom is 0.251 e. The topological polar surface area (TPSA) is 104 Å². The van der Waals surface area contributed by atoms with Gasteiger partial charge in [0.2, 0.25) is 5.91 Å². The minimum atomic E-state index is -0.253. The normalized spacial score (nSPS) is 11.1. The molecule has 1 aromatic heterocycles. The van der Waals surface area contributed by atoms with Crippen LogP contribution in [0.1, 0.15) is 43.1 Å². The molecule has 0 atom stereocenters. The summed E-state index contributed by atoms with van der Waals surface area (Å²) in [5.74, 6) is 0.105. The van der Waals surface area contributed by atoms with Crippen molar-refractivity contribution in [2.24, 2.45) is 0 Å². The molecule has 0 saturated carbocycles. The van der Waals surface area contributed by atoms with Crippen LogP contribution in [0.2, 0.25) is 0 Å². The Hall–Kier alpha value is -3.74. The number of rotatable bonds is 6. The Kier molecular flexibility index (Phi) is 6.65. The Morgan fingerprint density at radius 3 is 2.29 bits per heavy atom. The van der Waals surface area contributed by atoms with E-state index >= 15 is 0 Å². The monoisotopic (exact) mass is 418 g/mol. The van der Waals surface area contributed by atoms with Crippen molar-refractivity contribution in [3.63, 3.8) is 0 Å². The summed E-state index contributed by atoms with van der Waals surface area (Å²) in [6, 6.07) is 14.1. The van der Waals surface area contributed by atoms with E-state index in [1.165, 1.54) is 12.4 Å². The Labute approximate surface area is 181 Å². The van der Waals surface area contributed by atoms with Crippen molar-refractivity contribution in [3.05, 3.63) is 72.1 Å². The Morgan fingerprint density at radius 1 is 1.00 bits per heavy atom. The molecule has 3 rings (SSSR count). The van der Waals surface area contributed by atoms with Crippen LogP contribution in [0.3, 0.4) is 0 Å². The number of nitrogens with zero attached hydrogens (tertiary/aromatic N) is 2. The number of aromatic nitrogens is 2. The summed E-state index contributed by atoms with van der Waals surface area (Å²) in [5, 5.41) is 15.0. The molecule has 3 aromatic rings. The van der Waals surface area contributed by atoms with Gasteiger partial charge in [-0.15, -0.1) is 0 Å². The molecule has 3 N–H and O–H groups in total. The van der Waals surface area contributed by atoms with Gasteiger partial charge < -0.3 is 15.7 Å². The highest BCUT2D eigenvalue weighted by atomic mass is 16.3. The molecule has 0 saturated heterocycles. The zero-order valence-corrected chi connectivity index (χ0v) is 17.8. The molecular weight excluding hydrogens is 392 g/mol. The molecule has 0 bridgehead atoms. The van der Waals surface area contributed by atoms with Crippen molar-refractivity contribution in [1.29, 1.82) is 0 Å². The number of amides is 2. The molecule has 7 nitrogen and oxygen atoms in total. The first kappa shape index (κ1) is 22.0. The second-order valence-electron chi connectivity index (χ2n) is 8.23. The standard InChI is InChI=1S/C24H26N4O3/c1-24(2,3)18-9-7-16(8-10-18)23(31)25-12-11-21(30)28-19-14-26-22(27-15-19)17-5-4-6-20(29)13-17/h4-10,13-15,29H,11-12H2,1-3H3,(H,25,31)(H,28,30). The number of carbonyl (C=O) groups is 2. The van der Waals surface area contributed by atoms with Crippen LogP contribution >= 0.6 is 0 Å². The first-order valence-electron chi connectivity index (χ1n) is 10.0. The summed E-state index contributed by atoms with van der Waals surface area (Å²) < 4.78 is 0. The number of phenols is 1. The van der Waals surface area contributed by atoms with Crippen LogP contribution in [-0.2, 0) is 10.2 Å². The summed E-state index contributed by atoms with van der Waals surface area (Å²) in [4.78, 5) is 32.8. The van der Waals surface area contributed by atoms with Gasteiger partial charge in [0.25, 0.3) is 5.91 Å². The van der Waals surface area contributed by atoms with E-state index in [9.17, 15) is 14.7 Å². The summed E-state index contributed by atoms with van der Waals surface area (Å²) in [6.07, 6.45) is 3.12. The van der Waals surface area contributed by atoms with Crippen LogP contribution in [0.5, 0.6) is 5.75 Å². The van der Waals surface area contributed by atoms with E-state index in [-0.39, 0.29) is 35.9 Å². The third-order valence-electron chi connectivity index (χ3n) is 4.69. The fourth-order valence-electron chi connectivity index (χ4n) is 2.92. The zero-order chi connectivity index (χ0) is 22.4. The quantitative estimate of drug-likeness (QED) is 0.563. The number of phenolic OH excluding ortho intramolecular Hbond substituents is 1. The molecule has 0 aliphatic rings. The summed E-state index contributed by atoms with van der Waals surface area (Å²) in [6.45, 7) is 6.57. The second kappa shape index (κ2) is 9.38. The number of hydrogen-bond donors (Lipinski definition) is 3. The van der Waals surface area contributed by atoms with Gasteiger partial charge in [-0.1, -0.05) is 45.0 Å². The molecule has 31 heavy (non-hydrogen) atoms. The van der Waals surface area contributed by atoms with Crippen molar-refractivity contribution in [2.45, 2.75) is 32.6 Å². The Morgan fingerprint density at radius 2 is 1.68 bits per heavy atom. The predicted octanol–water partition coefficient (Wildman–Crippen LogP) is 3.91. The van der Waals surface area contributed by atoms with Crippen LogP contribution in [0, 0.1) is 0 Å². The molecule has 0 spiro atoms. The van der Waals surface area contributed by atoms with E-state index in [1.54, 1.807) is 36.4 Å². The molecule has 0 unspecified atom stereocenters. The van der Waals surface area contributed by atoms with Crippen LogP contribution < -0.4 is 10.6 Å². The SMILES string of the molecule is CC(C)(C)c1ccc(C(=O)NCCC(=O)Nc2cnc(-c3cccc(O)c3)nc2)cc1. The number of carbonyl (C=O) groups excluding carboxylic acids is 2. The molecule has 0 aliphatic heterocycles. The van der Waals surface area contributed by atoms with Crippen LogP contribution in [0.15, 0.2) is 60.9 Å². The van der Waals surface area contributed by atoms with E-state index in [0.29, 0.717) is 22.6 Å². The first-order valence-corrected chi connectivity index (χ1v) is 10.0. The molecule has 7 heteroatoms. The maximum atomic E-state index is 12.3. The number of anilines is 1. The van der Waals surface area contributed by atoms with Gasteiger partial charge in [-0.2, -0.15) is 0 Å². The molecule has 0 aliphatic carbocycles. The van der Waals surface area contributed by atoms with Crippen molar-refractivity contribution in [2.75, 3.05) is 11.9 Å². The van der Waals surface area contributed by atoms with Gasteiger partial charge in [0, 0.05) is 24.1 Å². The number of benzene rings is 2. The van der Waals surface area contributed by atoms with Gasteiger partial charge >= 0.3 is 0 Å². The van der Waals surface area contributed by atoms with Gasteiger partial charge in [0.05, 0.1) is 18.1 Å². The maximum absolute atomic E-state index is 12.3. The molecule has 0 radical (unpaired) electrons. The number of nitrogens with one attached hydrogen (secondary N) is 2. The van der Waals surface area contributed by atoms with Gasteiger partial charge in [-0.05, 0) is 35.2 Å². The third-order valence-corrected chi connectivity index (χ3v) is 4.69. The van der Waals surface area contributed by atoms with E-state index in [4.69, 9.17) is 0 Å². The van der Waals surface area contributed by atoms with Gasteiger partial charge in [-0.25, -0.2) is 9.97 Å². The van der Waals surface area contributed by atoms with E-state index < -0.39 is 0 Å². The lowest BCUT2D eigenvalue weighted by Gasteiger charge is -2.19. The van der Waals surface area contributed by atoms with Crippen LogP contribution in [-0.4, -0.2) is 33.4 Å². The molecule has 0 fully saturated rings. The van der Waals surface area contributed by atoms with Gasteiger partial charge in [-0.3, -0.25) is 9.59 Å². The summed E-state index contributed by atoms with van der Waals surface area (Å²) >= 11 is 0. The molecule has 2 aromatic carbocycles. The highest BCUT2D eigenvalue weighted by Crippen LogP contribution is 2.22. The van der Waals surface area contributed by atoms with Crippen molar-refractivity contribution < 1.29 is 14.7 Å². The van der Waals surface area contributed by atoms with E-state index in [2.05, 4.69) is 41.4 Å². The smallest absolute Gasteiger partial charge is 0.251 e. The average Bonchev–Trinajstić information content (AvgIpc) is 2.73. The second-order valence-corrected chi connectivity index (χ2v) is 8.23. The van der Waals surface area contributed by atoms with Crippen molar-refractivity contribution >= 4 is 17.5 Å². The lowest BCUT2D eigenvalue weighted by Crippen LogP contribution is -2.27. The molecule has 2 amide bonds. The fraction of sp³-hybridized carbons (Fsp3) is 0.250. The fourth-order valence-corrected chi connectivity index (χ4v) is 2.92. The molecule has 160 valence electrons. The van der Waals surface area contributed by atoms with E-state index in [1.807, 2.05) is 12.1 Å². The summed E-state index contributed by atoms with van der Waals surface area (Å²) in [7, 11) is 0. The van der Waals surface area contributed by atoms with Crippen LogP contribution in [0.25, 0.3) is 11.4 Å². The van der Waals surface area contributed by atoms with Crippen molar-refractivity contribution in [3.8, 4) is 17.1 Å². The minimum Gasteiger partial charge on any atom is -0.508 e.